The number of fused-ring (bicyclic) bond motifs is 2. The fourth-order valence-corrected chi connectivity index (χ4v) is 3.25. The second-order valence-corrected chi connectivity index (χ2v) is 4.78. The first-order chi connectivity index (χ1) is 7.13. The molecule has 4 heteroatoms. The van der Waals surface area contributed by atoms with Crippen LogP contribution in [0.5, 0.6) is 0 Å². The summed E-state index contributed by atoms with van der Waals surface area (Å²) in [5.41, 5.74) is 5.42. The average Bonchev–Trinajstić information content (AvgIpc) is 2.44. The van der Waals surface area contributed by atoms with Gasteiger partial charge in [0, 0.05) is 12.1 Å². The highest BCUT2D eigenvalue weighted by Crippen LogP contribution is 2.37. The van der Waals surface area contributed by atoms with Gasteiger partial charge in [-0.15, -0.1) is 0 Å². The van der Waals surface area contributed by atoms with Crippen molar-refractivity contribution >= 4 is 5.91 Å². The van der Waals surface area contributed by atoms with Gasteiger partial charge in [0.15, 0.2) is 0 Å². The number of amides is 1. The third-order valence-electron chi connectivity index (χ3n) is 3.84. The Morgan fingerprint density at radius 3 is 2.40 bits per heavy atom. The summed E-state index contributed by atoms with van der Waals surface area (Å²) < 4.78 is 0. The molecule has 15 heavy (non-hydrogen) atoms. The Labute approximate surface area is 90.4 Å². The van der Waals surface area contributed by atoms with Crippen LogP contribution in [0.3, 0.4) is 0 Å². The Morgan fingerprint density at radius 1 is 1.47 bits per heavy atom. The third kappa shape index (κ3) is 1.88. The van der Waals surface area contributed by atoms with Crippen molar-refractivity contribution in [3.63, 3.8) is 0 Å². The Kier molecular flexibility index (Phi) is 2.98. The summed E-state index contributed by atoms with van der Waals surface area (Å²) in [5, 5.41) is 9.66. The van der Waals surface area contributed by atoms with Gasteiger partial charge in [-0.3, -0.25) is 9.69 Å². The molecule has 3 atom stereocenters. The smallest absolute Gasteiger partial charge is 0.234 e. The molecule has 86 valence electrons. The van der Waals surface area contributed by atoms with Crippen LogP contribution in [0.25, 0.3) is 0 Å². The molecule has 2 heterocycles. The number of hydrogen-bond donors (Lipinski definition) is 2. The van der Waals surface area contributed by atoms with Gasteiger partial charge >= 0.3 is 0 Å². The minimum absolute atomic E-state index is 0.130. The molecule has 0 aliphatic carbocycles. The standard InChI is InChI=1S/C11H20N2O2/c1-2-10(11(12)15)13-7-3-4-8(13)6-9(14)5-7/h7-10,14H,2-6H2,1H3,(H2,12,15). The zero-order valence-electron chi connectivity index (χ0n) is 9.22. The van der Waals surface area contributed by atoms with Gasteiger partial charge in [-0.05, 0) is 32.1 Å². The molecule has 0 aromatic rings. The lowest BCUT2D eigenvalue weighted by Gasteiger charge is -2.40. The van der Waals surface area contributed by atoms with Gasteiger partial charge in [-0.25, -0.2) is 0 Å². The summed E-state index contributed by atoms with van der Waals surface area (Å²) in [6, 6.07) is 0.613. The fraction of sp³-hybridized carbons (Fsp3) is 0.909. The van der Waals surface area contributed by atoms with E-state index < -0.39 is 0 Å². The first kappa shape index (κ1) is 10.9. The lowest BCUT2D eigenvalue weighted by atomic mass is 9.96. The molecular weight excluding hydrogens is 192 g/mol. The topological polar surface area (TPSA) is 66.6 Å². The van der Waals surface area contributed by atoms with E-state index in [1.807, 2.05) is 6.92 Å². The largest absolute Gasteiger partial charge is 0.393 e. The van der Waals surface area contributed by atoms with Crippen LogP contribution in [0, 0.1) is 0 Å². The van der Waals surface area contributed by atoms with E-state index in [-0.39, 0.29) is 18.1 Å². The normalized spacial score (nSPS) is 37.9. The molecule has 2 saturated heterocycles. The molecule has 0 aromatic carbocycles. The monoisotopic (exact) mass is 212 g/mol. The van der Waals surface area contributed by atoms with Crippen LogP contribution < -0.4 is 5.73 Å². The van der Waals surface area contributed by atoms with E-state index in [9.17, 15) is 9.90 Å². The first-order valence-electron chi connectivity index (χ1n) is 5.88. The molecule has 4 nitrogen and oxygen atoms in total. The highest BCUT2D eigenvalue weighted by molar-refractivity contribution is 5.79. The maximum atomic E-state index is 11.3. The van der Waals surface area contributed by atoms with Crippen molar-refractivity contribution in [3.05, 3.63) is 0 Å². The van der Waals surface area contributed by atoms with Crippen molar-refractivity contribution < 1.29 is 9.90 Å². The molecule has 2 bridgehead atoms. The molecule has 2 fully saturated rings. The number of aliphatic hydroxyl groups is 1. The molecular formula is C11H20N2O2. The number of primary amides is 1. The summed E-state index contributed by atoms with van der Waals surface area (Å²) in [4.78, 5) is 13.6. The molecule has 0 spiro atoms. The molecule has 0 saturated carbocycles. The highest BCUT2D eigenvalue weighted by atomic mass is 16.3. The van der Waals surface area contributed by atoms with Crippen molar-refractivity contribution in [2.75, 3.05) is 0 Å². The molecule has 2 rings (SSSR count). The van der Waals surface area contributed by atoms with E-state index >= 15 is 0 Å². The van der Waals surface area contributed by atoms with Gasteiger partial charge in [0.05, 0.1) is 12.1 Å². The predicted molar refractivity (Wildman–Crippen MR) is 57.2 cm³/mol. The minimum Gasteiger partial charge on any atom is -0.393 e. The Balaban J connectivity index is 2.13. The molecule has 2 aliphatic rings. The summed E-state index contributed by atoms with van der Waals surface area (Å²) >= 11 is 0. The fourth-order valence-electron chi connectivity index (χ4n) is 3.25. The van der Waals surface area contributed by atoms with Gasteiger partial charge < -0.3 is 10.8 Å². The second-order valence-electron chi connectivity index (χ2n) is 4.78. The van der Waals surface area contributed by atoms with Crippen molar-refractivity contribution in [3.8, 4) is 0 Å². The zero-order valence-corrected chi connectivity index (χ0v) is 9.22. The van der Waals surface area contributed by atoms with Crippen LogP contribution in [0.4, 0.5) is 0 Å². The summed E-state index contributed by atoms with van der Waals surface area (Å²) in [5.74, 6) is -0.217. The van der Waals surface area contributed by atoms with Crippen LogP contribution in [0.1, 0.15) is 39.0 Å². The first-order valence-corrected chi connectivity index (χ1v) is 5.88. The zero-order chi connectivity index (χ0) is 11.0. The number of piperidine rings is 1. The predicted octanol–water partition coefficient (Wildman–Crippen LogP) is 0.238. The quantitative estimate of drug-likeness (QED) is 0.704. The van der Waals surface area contributed by atoms with E-state index in [2.05, 4.69) is 4.90 Å². The van der Waals surface area contributed by atoms with Crippen LogP contribution in [-0.2, 0) is 4.79 Å². The van der Waals surface area contributed by atoms with Crippen molar-refractivity contribution in [2.24, 2.45) is 5.73 Å². The molecule has 0 aromatic heterocycles. The van der Waals surface area contributed by atoms with Gasteiger partial charge in [-0.1, -0.05) is 6.92 Å². The summed E-state index contributed by atoms with van der Waals surface area (Å²) in [6.45, 7) is 2.00. The third-order valence-corrected chi connectivity index (χ3v) is 3.84. The summed E-state index contributed by atoms with van der Waals surface area (Å²) in [7, 11) is 0. The van der Waals surface area contributed by atoms with Crippen LogP contribution in [-0.4, -0.2) is 40.1 Å². The maximum absolute atomic E-state index is 11.3. The van der Waals surface area contributed by atoms with Crippen LogP contribution in [0.2, 0.25) is 0 Å². The Bertz CT molecular complexity index is 243. The number of aliphatic hydroxyl groups excluding tert-OH is 1. The maximum Gasteiger partial charge on any atom is 0.234 e. The van der Waals surface area contributed by atoms with E-state index in [4.69, 9.17) is 5.73 Å². The molecule has 1 amide bonds. The van der Waals surface area contributed by atoms with Gasteiger partial charge in [0.1, 0.15) is 0 Å². The highest BCUT2D eigenvalue weighted by Gasteiger charge is 2.44. The van der Waals surface area contributed by atoms with E-state index in [0.717, 1.165) is 32.1 Å². The molecule has 2 aliphatic heterocycles. The lowest BCUT2D eigenvalue weighted by molar-refractivity contribution is -0.126. The molecule has 3 unspecified atom stereocenters. The van der Waals surface area contributed by atoms with E-state index in [0.29, 0.717) is 12.1 Å². The van der Waals surface area contributed by atoms with Crippen molar-refractivity contribution in [1.29, 1.82) is 0 Å². The Hall–Kier alpha value is -0.610. The Morgan fingerprint density at radius 2 is 2.00 bits per heavy atom. The molecule has 0 radical (unpaired) electrons. The van der Waals surface area contributed by atoms with Gasteiger partial charge in [-0.2, -0.15) is 0 Å². The van der Waals surface area contributed by atoms with Crippen LogP contribution in [0.15, 0.2) is 0 Å². The molecule has 3 N–H and O–H groups in total. The van der Waals surface area contributed by atoms with Gasteiger partial charge in [0.2, 0.25) is 5.91 Å². The number of carbonyl (C=O) groups excluding carboxylic acids is 1. The van der Waals surface area contributed by atoms with Crippen LogP contribution >= 0.6 is 0 Å². The average molecular weight is 212 g/mol. The van der Waals surface area contributed by atoms with E-state index in [1.165, 1.54) is 0 Å². The van der Waals surface area contributed by atoms with Gasteiger partial charge in [0.25, 0.3) is 0 Å². The number of nitrogens with two attached hydrogens (primary N) is 1. The lowest BCUT2D eigenvalue weighted by Crippen LogP contribution is -2.54. The van der Waals surface area contributed by atoms with E-state index in [1.54, 1.807) is 0 Å². The SMILES string of the molecule is CCC(C(N)=O)N1C2CCC1CC(O)C2. The number of rotatable bonds is 3. The van der Waals surface area contributed by atoms with Crippen molar-refractivity contribution in [1.82, 2.24) is 4.90 Å². The number of hydrogen-bond acceptors (Lipinski definition) is 3. The second kappa shape index (κ2) is 4.10. The minimum atomic E-state index is -0.217. The van der Waals surface area contributed by atoms with Crippen molar-refractivity contribution in [2.45, 2.75) is 63.3 Å². The summed E-state index contributed by atoms with van der Waals surface area (Å²) in [6.07, 6.45) is 4.42. The number of nitrogens with zero attached hydrogens (tertiary/aromatic N) is 1. The number of carbonyl (C=O) groups is 1.